The summed E-state index contributed by atoms with van der Waals surface area (Å²) >= 11 is 12.9. The second-order valence-corrected chi connectivity index (χ2v) is 8.00. The number of carbonyl (C=O) groups excluding carboxylic acids is 3. The zero-order chi connectivity index (χ0) is 22.4. The third-order valence-electron chi connectivity index (χ3n) is 4.17. The van der Waals surface area contributed by atoms with Gasteiger partial charge in [0.25, 0.3) is 17.1 Å². The van der Waals surface area contributed by atoms with Crippen molar-refractivity contribution in [2.24, 2.45) is 0 Å². The maximum absolute atomic E-state index is 12.5. The van der Waals surface area contributed by atoms with Gasteiger partial charge in [0.2, 0.25) is 0 Å². The third kappa shape index (κ3) is 5.58. The topological polar surface area (TPSA) is 99.5 Å². The van der Waals surface area contributed by atoms with E-state index in [1.165, 1.54) is 6.08 Å². The Hall–Kier alpha value is -2.99. The molecule has 0 aromatic heterocycles. The molecule has 0 atom stereocenters. The first-order valence-corrected chi connectivity index (χ1v) is 10.6. The molecule has 0 radical (unpaired) electrons. The normalized spacial score (nSPS) is 14.6. The van der Waals surface area contributed by atoms with E-state index in [9.17, 15) is 14.4 Å². The van der Waals surface area contributed by atoms with E-state index in [-0.39, 0.29) is 24.6 Å². The molecule has 1 N–H and O–H groups in total. The van der Waals surface area contributed by atoms with Crippen LogP contribution in [-0.2, 0) is 9.59 Å². The van der Waals surface area contributed by atoms with E-state index in [2.05, 4.69) is 5.32 Å². The van der Waals surface area contributed by atoms with Gasteiger partial charge in [-0.2, -0.15) is 5.26 Å². The van der Waals surface area contributed by atoms with Crippen LogP contribution in [0.25, 0.3) is 6.08 Å². The number of nitrogens with one attached hydrogen (secondary N) is 1. The van der Waals surface area contributed by atoms with Crippen LogP contribution in [0.15, 0.2) is 47.4 Å². The van der Waals surface area contributed by atoms with Crippen LogP contribution in [0.3, 0.4) is 0 Å². The Labute approximate surface area is 192 Å². The molecule has 0 bridgehead atoms. The van der Waals surface area contributed by atoms with Gasteiger partial charge in [0.05, 0.1) is 20.5 Å². The van der Waals surface area contributed by atoms with Gasteiger partial charge in [-0.1, -0.05) is 47.5 Å². The molecule has 2 aromatic carbocycles. The Morgan fingerprint density at radius 2 is 1.97 bits per heavy atom. The average Bonchev–Trinajstić information content (AvgIpc) is 3.03. The fraction of sp³-hybridized carbons (Fsp3) is 0.143. The van der Waals surface area contributed by atoms with Crippen molar-refractivity contribution in [2.75, 3.05) is 19.7 Å². The van der Waals surface area contributed by atoms with Gasteiger partial charge in [-0.3, -0.25) is 19.3 Å². The summed E-state index contributed by atoms with van der Waals surface area (Å²) < 4.78 is 5.34. The van der Waals surface area contributed by atoms with Gasteiger partial charge in [0.15, 0.2) is 6.61 Å². The number of para-hydroxylation sites is 1. The van der Waals surface area contributed by atoms with E-state index >= 15 is 0 Å². The summed E-state index contributed by atoms with van der Waals surface area (Å²) in [4.78, 5) is 38.0. The number of nitriles is 1. The van der Waals surface area contributed by atoms with E-state index in [4.69, 9.17) is 33.2 Å². The number of hydrogen-bond acceptors (Lipinski definition) is 6. The first kappa shape index (κ1) is 22.7. The number of benzene rings is 2. The summed E-state index contributed by atoms with van der Waals surface area (Å²) in [6.07, 6.45) is 1.51. The van der Waals surface area contributed by atoms with Gasteiger partial charge in [0, 0.05) is 13.1 Å². The van der Waals surface area contributed by atoms with Crippen molar-refractivity contribution in [1.29, 1.82) is 5.26 Å². The number of carbonyl (C=O) groups is 3. The summed E-state index contributed by atoms with van der Waals surface area (Å²) in [5, 5.41) is 11.8. The predicted octanol–water partition coefficient (Wildman–Crippen LogP) is 4.10. The van der Waals surface area contributed by atoms with Crippen LogP contribution in [0.1, 0.15) is 11.1 Å². The molecule has 3 rings (SSSR count). The Bertz CT molecular complexity index is 1110. The molecule has 1 fully saturated rings. The van der Waals surface area contributed by atoms with E-state index in [1.54, 1.807) is 42.5 Å². The van der Waals surface area contributed by atoms with Crippen LogP contribution in [-0.4, -0.2) is 41.6 Å². The molecule has 0 unspecified atom stereocenters. The second-order valence-electron chi connectivity index (χ2n) is 6.22. The van der Waals surface area contributed by atoms with Crippen molar-refractivity contribution in [3.8, 4) is 11.8 Å². The van der Waals surface area contributed by atoms with Crippen LogP contribution >= 0.6 is 35.0 Å². The number of imide groups is 1. The van der Waals surface area contributed by atoms with E-state index < -0.39 is 17.1 Å². The molecule has 0 aliphatic carbocycles. The molecule has 2 aromatic rings. The number of amides is 3. The van der Waals surface area contributed by atoms with Crippen molar-refractivity contribution in [1.82, 2.24) is 10.2 Å². The molecule has 0 saturated carbocycles. The van der Waals surface area contributed by atoms with Gasteiger partial charge in [-0.25, -0.2) is 0 Å². The van der Waals surface area contributed by atoms with Crippen molar-refractivity contribution < 1.29 is 19.1 Å². The van der Waals surface area contributed by atoms with Crippen molar-refractivity contribution in [3.63, 3.8) is 0 Å². The maximum Gasteiger partial charge on any atom is 0.293 e. The van der Waals surface area contributed by atoms with Crippen LogP contribution in [0, 0.1) is 11.3 Å². The molecule has 1 aliphatic rings. The van der Waals surface area contributed by atoms with Gasteiger partial charge in [-0.15, -0.1) is 0 Å². The first-order chi connectivity index (χ1) is 14.9. The molecule has 3 amide bonds. The molecule has 158 valence electrons. The molecule has 31 heavy (non-hydrogen) atoms. The molecule has 1 heterocycles. The SMILES string of the molecule is N#Cc1ccccc1OCC(=O)NCCN1C(=O)S/C(=C\c2cccc(Cl)c2Cl)C1=O. The highest BCUT2D eigenvalue weighted by atomic mass is 35.5. The fourth-order valence-electron chi connectivity index (χ4n) is 2.65. The maximum atomic E-state index is 12.5. The number of nitrogens with zero attached hydrogens (tertiary/aromatic N) is 2. The lowest BCUT2D eigenvalue weighted by atomic mass is 10.2. The van der Waals surface area contributed by atoms with Crippen molar-refractivity contribution >= 4 is 58.1 Å². The second kappa shape index (κ2) is 10.4. The molecule has 10 heteroatoms. The third-order valence-corrected chi connectivity index (χ3v) is 5.91. The van der Waals surface area contributed by atoms with Crippen molar-refractivity contribution in [2.45, 2.75) is 0 Å². The molecule has 7 nitrogen and oxygen atoms in total. The summed E-state index contributed by atoms with van der Waals surface area (Å²) in [6, 6.07) is 13.5. The molecular formula is C21H15Cl2N3O4S. The largest absolute Gasteiger partial charge is 0.482 e. The van der Waals surface area contributed by atoms with Gasteiger partial charge >= 0.3 is 0 Å². The number of rotatable bonds is 7. The van der Waals surface area contributed by atoms with Gasteiger partial charge < -0.3 is 10.1 Å². The highest BCUT2D eigenvalue weighted by Gasteiger charge is 2.34. The summed E-state index contributed by atoms with van der Waals surface area (Å²) in [5.41, 5.74) is 0.850. The Morgan fingerprint density at radius 1 is 1.19 bits per heavy atom. The zero-order valence-electron chi connectivity index (χ0n) is 15.9. The zero-order valence-corrected chi connectivity index (χ0v) is 18.3. The lowest BCUT2D eigenvalue weighted by Gasteiger charge is -2.13. The minimum Gasteiger partial charge on any atom is -0.482 e. The summed E-state index contributed by atoms with van der Waals surface area (Å²) in [5.74, 6) is -0.614. The van der Waals surface area contributed by atoms with Crippen LogP contribution < -0.4 is 10.1 Å². The minimum absolute atomic E-state index is 0.00576. The standard InChI is InChI=1S/C21H15Cl2N3O4S/c22-15-6-3-5-13(19(15)23)10-17-20(28)26(21(29)31-17)9-8-25-18(27)12-30-16-7-2-1-4-14(16)11-24/h1-7,10H,8-9,12H2,(H,25,27)/b17-10-. The fourth-order valence-corrected chi connectivity index (χ4v) is 3.87. The van der Waals surface area contributed by atoms with Gasteiger partial charge in [0.1, 0.15) is 11.8 Å². The highest BCUT2D eigenvalue weighted by molar-refractivity contribution is 8.18. The number of halogens is 2. The lowest BCUT2D eigenvalue weighted by Crippen LogP contribution is -2.38. The first-order valence-electron chi connectivity index (χ1n) is 8.98. The molecule has 1 saturated heterocycles. The summed E-state index contributed by atoms with van der Waals surface area (Å²) in [7, 11) is 0. The molecule has 1 aliphatic heterocycles. The Balaban J connectivity index is 1.52. The van der Waals surface area contributed by atoms with Crippen LogP contribution in [0.4, 0.5) is 4.79 Å². The lowest BCUT2D eigenvalue weighted by molar-refractivity contribution is -0.125. The summed E-state index contributed by atoms with van der Waals surface area (Å²) in [6.45, 7) is -0.231. The van der Waals surface area contributed by atoms with E-state index in [0.29, 0.717) is 26.9 Å². The highest BCUT2D eigenvalue weighted by Crippen LogP contribution is 2.34. The predicted molar refractivity (Wildman–Crippen MR) is 119 cm³/mol. The number of hydrogen-bond donors (Lipinski definition) is 1. The van der Waals surface area contributed by atoms with Crippen LogP contribution in [0.2, 0.25) is 10.0 Å². The van der Waals surface area contributed by atoms with Crippen LogP contribution in [0.5, 0.6) is 5.75 Å². The quantitative estimate of drug-likeness (QED) is 0.605. The Morgan fingerprint density at radius 3 is 2.74 bits per heavy atom. The molecule has 0 spiro atoms. The minimum atomic E-state index is -0.473. The smallest absolute Gasteiger partial charge is 0.293 e. The van der Waals surface area contributed by atoms with Gasteiger partial charge in [-0.05, 0) is 41.6 Å². The Kier molecular flexibility index (Phi) is 7.58. The number of thioether (sulfide) groups is 1. The molecular weight excluding hydrogens is 461 g/mol. The van der Waals surface area contributed by atoms with E-state index in [0.717, 1.165) is 16.7 Å². The number of ether oxygens (including phenoxy) is 1. The van der Waals surface area contributed by atoms with Crippen molar-refractivity contribution in [3.05, 3.63) is 68.5 Å². The monoisotopic (exact) mass is 475 g/mol. The average molecular weight is 476 g/mol. The van der Waals surface area contributed by atoms with E-state index in [1.807, 2.05) is 6.07 Å².